The second-order valence-electron chi connectivity index (χ2n) is 3.58. The van der Waals surface area contributed by atoms with E-state index in [9.17, 15) is 9.90 Å². The summed E-state index contributed by atoms with van der Waals surface area (Å²) < 4.78 is 0.748. The molecule has 0 fully saturated rings. The van der Waals surface area contributed by atoms with Crippen molar-refractivity contribution in [3.63, 3.8) is 0 Å². The highest BCUT2D eigenvalue weighted by molar-refractivity contribution is 9.10. The molecule has 0 aliphatic heterocycles. The second kappa shape index (κ2) is 5.68. The number of hydrogen-bond acceptors (Lipinski definition) is 2. The molecule has 0 saturated heterocycles. The van der Waals surface area contributed by atoms with Gasteiger partial charge >= 0.3 is 0 Å². The summed E-state index contributed by atoms with van der Waals surface area (Å²) >= 11 is 6.56. The van der Waals surface area contributed by atoms with Gasteiger partial charge in [-0.1, -0.05) is 31.9 Å². The highest BCUT2D eigenvalue weighted by atomic mass is 79.9. The van der Waals surface area contributed by atoms with Crippen molar-refractivity contribution < 1.29 is 9.90 Å². The molecule has 88 valence electrons. The number of aromatic hydroxyl groups is 1. The monoisotopic (exact) mass is 349 g/mol. The summed E-state index contributed by atoms with van der Waals surface area (Å²) in [6.07, 6.45) is 0. The minimum Gasteiger partial charge on any atom is -0.507 e. The molecule has 1 atom stereocenters. The minimum atomic E-state index is -0.183. The SMILES string of the molecule is CC(CBr)N(C)C(=O)c1ccc(Br)cc1O. The van der Waals surface area contributed by atoms with Gasteiger partial charge < -0.3 is 10.0 Å². The van der Waals surface area contributed by atoms with E-state index < -0.39 is 0 Å². The van der Waals surface area contributed by atoms with E-state index in [0.29, 0.717) is 10.9 Å². The first-order chi connectivity index (χ1) is 7.47. The molecule has 0 saturated carbocycles. The Morgan fingerprint density at radius 2 is 2.19 bits per heavy atom. The molecule has 1 aromatic carbocycles. The van der Waals surface area contributed by atoms with Crippen molar-refractivity contribution in [2.45, 2.75) is 13.0 Å². The molecular weight excluding hydrogens is 338 g/mol. The number of phenols is 1. The Balaban J connectivity index is 2.96. The van der Waals surface area contributed by atoms with E-state index in [-0.39, 0.29) is 17.7 Å². The lowest BCUT2D eigenvalue weighted by molar-refractivity contribution is 0.0755. The predicted octanol–water partition coefficient (Wildman–Crippen LogP) is 3.01. The summed E-state index contributed by atoms with van der Waals surface area (Å²) in [6, 6.07) is 4.94. The molecule has 1 unspecified atom stereocenters. The molecule has 0 bridgehead atoms. The van der Waals surface area contributed by atoms with Gasteiger partial charge in [0.25, 0.3) is 5.91 Å². The van der Waals surface area contributed by atoms with E-state index in [2.05, 4.69) is 31.9 Å². The molecule has 0 radical (unpaired) electrons. The fourth-order valence-electron chi connectivity index (χ4n) is 1.18. The Kier molecular flexibility index (Phi) is 4.80. The van der Waals surface area contributed by atoms with Crippen molar-refractivity contribution in [3.05, 3.63) is 28.2 Å². The number of alkyl halides is 1. The Morgan fingerprint density at radius 3 is 2.69 bits per heavy atom. The average Bonchev–Trinajstić information content (AvgIpc) is 2.26. The fourth-order valence-corrected chi connectivity index (χ4v) is 1.96. The van der Waals surface area contributed by atoms with Crippen LogP contribution in [0.3, 0.4) is 0 Å². The van der Waals surface area contributed by atoms with Crippen molar-refractivity contribution in [1.82, 2.24) is 4.90 Å². The molecular formula is C11H13Br2NO2. The Hall–Kier alpha value is -0.550. The Labute approximate surface area is 112 Å². The van der Waals surface area contributed by atoms with E-state index in [1.807, 2.05) is 6.92 Å². The van der Waals surface area contributed by atoms with Gasteiger partial charge in [0.15, 0.2) is 0 Å². The molecule has 1 amide bonds. The summed E-state index contributed by atoms with van der Waals surface area (Å²) in [5.74, 6) is -0.190. The van der Waals surface area contributed by atoms with Crippen molar-refractivity contribution in [1.29, 1.82) is 0 Å². The van der Waals surface area contributed by atoms with Crippen LogP contribution in [0.1, 0.15) is 17.3 Å². The molecule has 1 N–H and O–H groups in total. The summed E-state index contributed by atoms with van der Waals surface area (Å²) in [5, 5.41) is 10.4. The van der Waals surface area contributed by atoms with Gasteiger partial charge in [0, 0.05) is 22.9 Å². The van der Waals surface area contributed by atoms with Gasteiger partial charge in [-0.05, 0) is 25.1 Å². The number of phenolic OH excluding ortho intramolecular Hbond substituents is 1. The van der Waals surface area contributed by atoms with Crippen LogP contribution < -0.4 is 0 Å². The Morgan fingerprint density at radius 1 is 1.56 bits per heavy atom. The molecule has 0 spiro atoms. The third-order valence-electron chi connectivity index (χ3n) is 2.40. The van der Waals surface area contributed by atoms with Crippen LogP contribution in [0.25, 0.3) is 0 Å². The van der Waals surface area contributed by atoms with Crippen molar-refractivity contribution in [3.8, 4) is 5.75 Å². The quantitative estimate of drug-likeness (QED) is 0.851. The summed E-state index contributed by atoms with van der Waals surface area (Å²) in [4.78, 5) is 13.6. The third kappa shape index (κ3) is 2.98. The van der Waals surface area contributed by atoms with Gasteiger partial charge in [-0.3, -0.25) is 4.79 Å². The maximum Gasteiger partial charge on any atom is 0.257 e. The normalized spacial score (nSPS) is 12.2. The van der Waals surface area contributed by atoms with Crippen LogP contribution in [0, 0.1) is 0 Å². The molecule has 1 rings (SSSR count). The smallest absolute Gasteiger partial charge is 0.257 e. The minimum absolute atomic E-state index is 0.00648. The largest absolute Gasteiger partial charge is 0.507 e. The molecule has 0 aliphatic rings. The number of nitrogens with zero attached hydrogens (tertiary/aromatic N) is 1. The molecule has 16 heavy (non-hydrogen) atoms. The average molecular weight is 351 g/mol. The van der Waals surface area contributed by atoms with Gasteiger partial charge in [0.05, 0.1) is 5.56 Å². The zero-order chi connectivity index (χ0) is 12.3. The molecule has 0 heterocycles. The van der Waals surface area contributed by atoms with Crippen LogP contribution in [0.5, 0.6) is 5.75 Å². The second-order valence-corrected chi connectivity index (χ2v) is 5.14. The fraction of sp³-hybridized carbons (Fsp3) is 0.364. The highest BCUT2D eigenvalue weighted by Gasteiger charge is 2.19. The highest BCUT2D eigenvalue weighted by Crippen LogP contribution is 2.23. The maximum atomic E-state index is 12.0. The lowest BCUT2D eigenvalue weighted by atomic mass is 10.1. The van der Waals surface area contributed by atoms with Crippen LogP contribution >= 0.6 is 31.9 Å². The van der Waals surface area contributed by atoms with Crippen molar-refractivity contribution >= 4 is 37.8 Å². The molecule has 0 aliphatic carbocycles. The van der Waals surface area contributed by atoms with E-state index >= 15 is 0 Å². The van der Waals surface area contributed by atoms with Gasteiger partial charge in [-0.15, -0.1) is 0 Å². The van der Waals surface area contributed by atoms with Crippen LogP contribution in [0.2, 0.25) is 0 Å². The predicted molar refractivity (Wildman–Crippen MR) is 71.2 cm³/mol. The molecule has 3 nitrogen and oxygen atoms in total. The third-order valence-corrected chi connectivity index (χ3v) is 3.83. The van der Waals surface area contributed by atoms with Gasteiger partial charge in [0.2, 0.25) is 0 Å². The van der Waals surface area contributed by atoms with Crippen LogP contribution in [0.15, 0.2) is 22.7 Å². The summed E-state index contributed by atoms with van der Waals surface area (Å²) in [5.41, 5.74) is 0.318. The van der Waals surface area contributed by atoms with E-state index in [0.717, 1.165) is 4.47 Å². The lowest BCUT2D eigenvalue weighted by Gasteiger charge is -2.23. The van der Waals surface area contributed by atoms with Crippen molar-refractivity contribution in [2.75, 3.05) is 12.4 Å². The summed E-state index contributed by atoms with van der Waals surface area (Å²) in [7, 11) is 1.72. The Bertz CT molecular complexity index is 396. The first-order valence-electron chi connectivity index (χ1n) is 4.79. The number of amides is 1. The first-order valence-corrected chi connectivity index (χ1v) is 6.70. The van der Waals surface area contributed by atoms with Crippen LogP contribution in [-0.4, -0.2) is 34.3 Å². The zero-order valence-electron chi connectivity index (χ0n) is 9.08. The van der Waals surface area contributed by atoms with E-state index in [4.69, 9.17) is 0 Å². The van der Waals surface area contributed by atoms with E-state index in [1.54, 1.807) is 24.1 Å². The number of rotatable bonds is 3. The molecule has 5 heteroatoms. The number of carbonyl (C=O) groups is 1. The number of hydrogen-bond donors (Lipinski definition) is 1. The van der Waals surface area contributed by atoms with Gasteiger partial charge in [0.1, 0.15) is 5.75 Å². The number of halogens is 2. The molecule has 1 aromatic rings. The first kappa shape index (κ1) is 13.5. The van der Waals surface area contributed by atoms with Gasteiger partial charge in [-0.2, -0.15) is 0 Å². The molecule has 0 aromatic heterocycles. The van der Waals surface area contributed by atoms with Gasteiger partial charge in [-0.25, -0.2) is 0 Å². The zero-order valence-corrected chi connectivity index (χ0v) is 12.2. The van der Waals surface area contributed by atoms with Crippen LogP contribution in [-0.2, 0) is 0 Å². The maximum absolute atomic E-state index is 12.0. The summed E-state index contributed by atoms with van der Waals surface area (Å²) in [6.45, 7) is 1.93. The number of carbonyl (C=O) groups excluding carboxylic acids is 1. The lowest BCUT2D eigenvalue weighted by Crippen LogP contribution is -2.36. The standard InChI is InChI=1S/C11H13Br2NO2/c1-7(6-12)14(2)11(16)9-4-3-8(13)5-10(9)15/h3-5,7,15H,6H2,1-2H3. The van der Waals surface area contributed by atoms with Crippen molar-refractivity contribution in [2.24, 2.45) is 0 Å². The van der Waals surface area contributed by atoms with Crippen LogP contribution in [0.4, 0.5) is 0 Å². The number of benzene rings is 1. The topological polar surface area (TPSA) is 40.5 Å². The van der Waals surface area contributed by atoms with E-state index in [1.165, 1.54) is 6.07 Å².